The van der Waals surface area contributed by atoms with Crippen LogP contribution < -0.4 is 11.2 Å². The van der Waals surface area contributed by atoms with Crippen molar-refractivity contribution in [2.45, 2.75) is 13.5 Å². The molecule has 1 aromatic carbocycles. The van der Waals surface area contributed by atoms with E-state index in [-0.39, 0.29) is 5.15 Å². The molecule has 0 spiro atoms. The second-order valence-electron chi connectivity index (χ2n) is 4.07. The molecule has 1 heterocycles. The van der Waals surface area contributed by atoms with Gasteiger partial charge in [-0.15, -0.1) is 0 Å². The van der Waals surface area contributed by atoms with Gasteiger partial charge in [0.2, 0.25) is 0 Å². The van der Waals surface area contributed by atoms with E-state index < -0.39 is 11.2 Å². The third-order valence-electron chi connectivity index (χ3n) is 2.81. The molecule has 0 atom stereocenters. The third-order valence-corrected chi connectivity index (χ3v) is 3.18. The first-order valence-corrected chi connectivity index (χ1v) is 6.02. The largest absolute Gasteiger partial charge is 0.380 e. The zero-order chi connectivity index (χ0) is 14.0. The minimum atomic E-state index is -0.566. The van der Waals surface area contributed by atoms with Crippen molar-refractivity contribution in [2.24, 2.45) is 0 Å². The zero-order valence-corrected chi connectivity index (χ0v) is 11.3. The van der Waals surface area contributed by atoms with Crippen LogP contribution in [0.5, 0.6) is 0 Å². The van der Waals surface area contributed by atoms with E-state index in [4.69, 9.17) is 16.3 Å². The topological polar surface area (TPSA) is 64.1 Å². The van der Waals surface area contributed by atoms with Gasteiger partial charge in [-0.3, -0.25) is 9.78 Å². The van der Waals surface area contributed by atoms with Crippen molar-refractivity contribution in [1.29, 1.82) is 0 Å². The fourth-order valence-corrected chi connectivity index (χ4v) is 1.98. The number of H-pyrrole nitrogens is 1. The molecule has 0 saturated heterocycles. The van der Waals surface area contributed by atoms with Crippen molar-refractivity contribution in [3.05, 3.63) is 61.4 Å². The van der Waals surface area contributed by atoms with Crippen molar-refractivity contribution in [1.82, 2.24) is 9.55 Å². The van der Waals surface area contributed by atoms with Crippen molar-refractivity contribution in [3.8, 4) is 5.69 Å². The summed E-state index contributed by atoms with van der Waals surface area (Å²) < 4.78 is 6.14. The Balaban J connectivity index is 2.77. The highest BCUT2D eigenvalue weighted by atomic mass is 35.5. The summed E-state index contributed by atoms with van der Waals surface area (Å²) in [6.07, 6.45) is 0. The van der Waals surface area contributed by atoms with Crippen LogP contribution in [0.2, 0.25) is 5.15 Å². The van der Waals surface area contributed by atoms with Gasteiger partial charge in [0.1, 0.15) is 5.15 Å². The van der Waals surface area contributed by atoms with Crippen LogP contribution in [-0.2, 0) is 11.3 Å². The van der Waals surface area contributed by atoms with E-state index in [1.807, 2.05) is 6.07 Å². The van der Waals surface area contributed by atoms with E-state index in [0.717, 1.165) is 10.1 Å². The van der Waals surface area contributed by atoms with Crippen molar-refractivity contribution in [2.75, 3.05) is 7.11 Å². The maximum absolute atomic E-state index is 12.2. The van der Waals surface area contributed by atoms with Crippen LogP contribution in [0.15, 0.2) is 33.9 Å². The fraction of sp³-hybridized carbons (Fsp3) is 0.231. The predicted octanol–water partition coefficient (Wildman–Crippen LogP) is 1.63. The molecule has 0 aliphatic carbocycles. The summed E-state index contributed by atoms with van der Waals surface area (Å²) in [5.41, 5.74) is 0.546. The maximum Gasteiger partial charge on any atom is 0.334 e. The maximum atomic E-state index is 12.2. The Kier molecular flexibility index (Phi) is 3.87. The molecule has 1 N–H and O–H groups in total. The molecule has 100 valence electrons. The van der Waals surface area contributed by atoms with Gasteiger partial charge in [-0.2, -0.15) is 0 Å². The number of nitrogens with one attached hydrogen (secondary N) is 1. The lowest BCUT2D eigenvalue weighted by atomic mass is 10.2. The molecule has 0 aliphatic rings. The first-order chi connectivity index (χ1) is 9.06. The smallest absolute Gasteiger partial charge is 0.334 e. The highest BCUT2D eigenvalue weighted by Crippen LogP contribution is 2.13. The number of methoxy groups -OCH3 is 1. The molecule has 0 aliphatic heterocycles. The first kappa shape index (κ1) is 13.6. The SMILES string of the molecule is COCc1ccccc1-n1c(=O)[nH]c(Cl)c(C)c1=O. The summed E-state index contributed by atoms with van der Waals surface area (Å²) in [7, 11) is 1.55. The fourth-order valence-electron chi connectivity index (χ4n) is 1.82. The lowest BCUT2D eigenvalue weighted by Gasteiger charge is -2.11. The van der Waals surface area contributed by atoms with Gasteiger partial charge < -0.3 is 4.74 Å². The lowest BCUT2D eigenvalue weighted by Crippen LogP contribution is -2.35. The van der Waals surface area contributed by atoms with Crippen LogP contribution in [0.4, 0.5) is 0 Å². The summed E-state index contributed by atoms with van der Waals surface area (Å²) in [4.78, 5) is 26.6. The minimum absolute atomic E-state index is 0.0653. The van der Waals surface area contributed by atoms with Gasteiger partial charge in [-0.1, -0.05) is 29.8 Å². The number of rotatable bonds is 3. The number of para-hydroxylation sites is 1. The first-order valence-electron chi connectivity index (χ1n) is 5.65. The number of hydrogen-bond donors (Lipinski definition) is 1. The summed E-state index contributed by atoms with van der Waals surface area (Å²) >= 11 is 5.79. The molecule has 0 bridgehead atoms. The Hall–Kier alpha value is -1.85. The van der Waals surface area contributed by atoms with Gasteiger partial charge in [0.15, 0.2) is 0 Å². The quantitative estimate of drug-likeness (QED) is 0.869. The number of halogens is 1. The molecule has 0 amide bonds. The van der Waals surface area contributed by atoms with Crippen LogP contribution in [0.25, 0.3) is 5.69 Å². The standard InChI is InChI=1S/C13H13ClN2O3/c1-8-11(14)15-13(18)16(12(8)17)10-6-4-3-5-9(10)7-19-2/h3-6H,7H2,1-2H3,(H,15,18). The van der Waals surface area contributed by atoms with Gasteiger partial charge in [0, 0.05) is 12.7 Å². The van der Waals surface area contributed by atoms with E-state index >= 15 is 0 Å². The van der Waals surface area contributed by atoms with E-state index in [1.54, 1.807) is 32.2 Å². The number of benzene rings is 1. The molecule has 5 nitrogen and oxygen atoms in total. The third kappa shape index (κ3) is 2.47. The normalized spacial score (nSPS) is 10.7. The summed E-state index contributed by atoms with van der Waals surface area (Å²) in [6.45, 7) is 1.87. The number of hydrogen-bond acceptors (Lipinski definition) is 3. The van der Waals surface area contributed by atoms with Gasteiger partial charge in [0.05, 0.1) is 17.9 Å². The molecule has 2 rings (SSSR count). The van der Waals surface area contributed by atoms with Gasteiger partial charge in [0.25, 0.3) is 5.56 Å². The monoisotopic (exact) mass is 280 g/mol. The Morgan fingerprint density at radius 1 is 1.32 bits per heavy atom. The highest BCUT2D eigenvalue weighted by molar-refractivity contribution is 6.30. The summed E-state index contributed by atoms with van der Waals surface area (Å²) in [5.74, 6) is 0. The zero-order valence-electron chi connectivity index (χ0n) is 10.6. The second kappa shape index (κ2) is 5.42. The molecule has 0 radical (unpaired) electrons. The molecular weight excluding hydrogens is 268 g/mol. The number of aromatic nitrogens is 2. The van der Waals surface area contributed by atoms with Crippen LogP contribution in [0.1, 0.15) is 11.1 Å². The van der Waals surface area contributed by atoms with Crippen molar-refractivity contribution in [3.63, 3.8) is 0 Å². The molecule has 6 heteroatoms. The molecule has 19 heavy (non-hydrogen) atoms. The van der Waals surface area contributed by atoms with Gasteiger partial charge in [-0.05, 0) is 13.0 Å². The van der Waals surface area contributed by atoms with Crippen LogP contribution >= 0.6 is 11.6 Å². The molecule has 1 aromatic heterocycles. The summed E-state index contributed by atoms with van der Waals surface area (Å²) in [6, 6.07) is 7.07. The molecular formula is C13H13ClN2O3. The Morgan fingerprint density at radius 2 is 2.00 bits per heavy atom. The van der Waals surface area contributed by atoms with Crippen molar-refractivity contribution < 1.29 is 4.74 Å². The predicted molar refractivity (Wildman–Crippen MR) is 73.1 cm³/mol. The Bertz CT molecular complexity index is 719. The van der Waals surface area contributed by atoms with Crippen LogP contribution in [0.3, 0.4) is 0 Å². The van der Waals surface area contributed by atoms with Crippen molar-refractivity contribution >= 4 is 11.6 Å². The van der Waals surface area contributed by atoms with E-state index in [9.17, 15) is 9.59 Å². The average Bonchev–Trinajstić information content (AvgIpc) is 2.38. The average molecular weight is 281 g/mol. The Morgan fingerprint density at radius 3 is 2.68 bits per heavy atom. The minimum Gasteiger partial charge on any atom is -0.380 e. The highest BCUT2D eigenvalue weighted by Gasteiger charge is 2.13. The molecule has 0 fully saturated rings. The van der Waals surface area contributed by atoms with Gasteiger partial charge >= 0.3 is 5.69 Å². The van der Waals surface area contributed by atoms with E-state index in [1.165, 1.54) is 0 Å². The molecule has 0 saturated carbocycles. The lowest BCUT2D eigenvalue weighted by molar-refractivity contribution is 0.184. The van der Waals surface area contributed by atoms with Gasteiger partial charge in [-0.25, -0.2) is 9.36 Å². The number of nitrogens with zero attached hydrogens (tertiary/aromatic N) is 1. The number of aromatic amines is 1. The molecule has 0 unspecified atom stereocenters. The van der Waals surface area contributed by atoms with Crippen LogP contribution in [-0.4, -0.2) is 16.7 Å². The molecule has 2 aromatic rings. The van der Waals surface area contributed by atoms with E-state index in [2.05, 4.69) is 4.98 Å². The van der Waals surface area contributed by atoms with E-state index in [0.29, 0.717) is 17.9 Å². The Labute approximate surface area is 114 Å². The second-order valence-corrected chi connectivity index (χ2v) is 4.45. The number of ether oxygens (including phenoxy) is 1. The van der Waals surface area contributed by atoms with Crippen LogP contribution in [0, 0.1) is 6.92 Å². The summed E-state index contributed by atoms with van der Waals surface area (Å²) in [5, 5.41) is 0.0653.